The molecule has 1 amide bonds. The molecule has 0 fully saturated rings. The molecule has 0 aliphatic carbocycles. The molecule has 0 radical (unpaired) electrons. The highest BCUT2D eigenvalue weighted by Crippen LogP contribution is 2.29. The third kappa shape index (κ3) is 6.32. The van der Waals surface area contributed by atoms with Gasteiger partial charge in [0.25, 0.3) is 5.91 Å². The van der Waals surface area contributed by atoms with Crippen LogP contribution in [0.4, 0.5) is 10.1 Å². The van der Waals surface area contributed by atoms with Crippen molar-refractivity contribution in [2.45, 2.75) is 9.96 Å². The number of anilines is 1. The highest BCUT2D eigenvalue weighted by molar-refractivity contribution is 7.80. The molecule has 2 aromatic carbocycles. The number of para-hydroxylation sites is 1. The lowest BCUT2D eigenvalue weighted by Gasteiger charge is -2.27. The van der Waals surface area contributed by atoms with Crippen molar-refractivity contribution in [3.05, 3.63) is 66.0 Å². The van der Waals surface area contributed by atoms with Gasteiger partial charge in [0.1, 0.15) is 12.0 Å². The minimum Gasteiger partial charge on any atom is -0.339 e. The first-order chi connectivity index (χ1) is 11.8. The minimum absolute atomic E-state index is 0.155. The van der Waals surface area contributed by atoms with E-state index in [1.165, 1.54) is 12.1 Å². The Morgan fingerprint density at radius 2 is 1.60 bits per heavy atom. The first kappa shape index (κ1) is 19.7. The molecule has 0 aromatic heterocycles. The molecule has 4 nitrogen and oxygen atoms in total. The number of halogens is 4. The lowest BCUT2D eigenvalue weighted by atomic mass is 10.2. The summed E-state index contributed by atoms with van der Waals surface area (Å²) in [6.45, 7) is 0. The number of rotatable bonds is 4. The number of hydrogen-bond acceptors (Lipinski definition) is 2. The van der Waals surface area contributed by atoms with E-state index in [-0.39, 0.29) is 10.7 Å². The van der Waals surface area contributed by atoms with Crippen molar-refractivity contribution in [2.24, 2.45) is 0 Å². The molecular formula is C16H13Cl3FN3OS. The molecule has 9 heteroatoms. The van der Waals surface area contributed by atoms with Crippen molar-refractivity contribution < 1.29 is 9.18 Å². The largest absolute Gasteiger partial charge is 0.339 e. The van der Waals surface area contributed by atoms with Crippen molar-refractivity contribution in [3.63, 3.8) is 0 Å². The number of thiocarbonyl (C=S) groups is 1. The summed E-state index contributed by atoms with van der Waals surface area (Å²) < 4.78 is 11.1. The summed E-state index contributed by atoms with van der Waals surface area (Å²) in [5.41, 5.74) is 0.942. The van der Waals surface area contributed by atoms with Crippen LogP contribution >= 0.6 is 47.0 Å². The zero-order valence-corrected chi connectivity index (χ0v) is 15.7. The van der Waals surface area contributed by atoms with Gasteiger partial charge in [-0.15, -0.1) is 0 Å². The van der Waals surface area contributed by atoms with Crippen LogP contribution in [0.2, 0.25) is 0 Å². The maximum absolute atomic E-state index is 12.9. The Morgan fingerprint density at radius 3 is 2.16 bits per heavy atom. The van der Waals surface area contributed by atoms with E-state index in [9.17, 15) is 9.18 Å². The Bertz CT molecular complexity index is 739. The average Bonchev–Trinajstić information content (AvgIpc) is 2.54. The summed E-state index contributed by atoms with van der Waals surface area (Å²) in [5, 5.41) is 8.31. The zero-order chi connectivity index (χ0) is 18.4. The Labute approximate surface area is 164 Å². The number of carbonyl (C=O) groups is 1. The summed E-state index contributed by atoms with van der Waals surface area (Å²) >= 11 is 22.9. The van der Waals surface area contributed by atoms with Gasteiger partial charge in [-0.2, -0.15) is 0 Å². The number of amides is 1. The molecule has 25 heavy (non-hydrogen) atoms. The Kier molecular flexibility index (Phi) is 6.84. The molecule has 0 spiro atoms. The Morgan fingerprint density at radius 1 is 1.00 bits per heavy atom. The topological polar surface area (TPSA) is 53.2 Å². The van der Waals surface area contributed by atoms with Crippen LogP contribution in [0.15, 0.2) is 54.6 Å². The van der Waals surface area contributed by atoms with Crippen molar-refractivity contribution >= 4 is 63.7 Å². The summed E-state index contributed by atoms with van der Waals surface area (Å²) in [6, 6.07) is 14.1. The van der Waals surface area contributed by atoms with Gasteiger partial charge in [0.15, 0.2) is 5.11 Å². The fraction of sp³-hybridized carbons (Fsp3) is 0.125. The molecule has 3 N–H and O–H groups in total. The summed E-state index contributed by atoms with van der Waals surface area (Å²) in [6.07, 6.45) is -1.11. The van der Waals surface area contributed by atoms with Gasteiger partial charge in [-0.3, -0.25) is 4.79 Å². The van der Waals surface area contributed by atoms with Crippen LogP contribution in [0.1, 0.15) is 10.4 Å². The lowest BCUT2D eigenvalue weighted by Crippen LogP contribution is -2.56. The molecule has 132 valence electrons. The number of alkyl halides is 3. The monoisotopic (exact) mass is 419 g/mol. The third-order valence-electron chi connectivity index (χ3n) is 3.02. The van der Waals surface area contributed by atoms with Crippen LogP contribution in [0.25, 0.3) is 0 Å². The molecule has 0 heterocycles. The maximum atomic E-state index is 12.9. The van der Waals surface area contributed by atoms with Crippen LogP contribution in [-0.2, 0) is 0 Å². The van der Waals surface area contributed by atoms with Gasteiger partial charge >= 0.3 is 0 Å². The summed E-state index contributed by atoms with van der Waals surface area (Å²) in [5.74, 6) is -1.01. The first-order valence-electron chi connectivity index (χ1n) is 7.01. The van der Waals surface area contributed by atoms with Gasteiger partial charge < -0.3 is 16.0 Å². The van der Waals surface area contributed by atoms with E-state index in [1.807, 2.05) is 18.2 Å². The van der Waals surface area contributed by atoms with Crippen molar-refractivity contribution in [1.29, 1.82) is 0 Å². The van der Waals surface area contributed by atoms with Crippen LogP contribution in [0.3, 0.4) is 0 Å². The van der Waals surface area contributed by atoms with Crippen LogP contribution in [0, 0.1) is 5.82 Å². The normalized spacial score (nSPS) is 12.2. The molecule has 0 unspecified atom stereocenters. The smallest absolute Gasteiger partial charge is 0.252 e. The van der Waals surface area contributed by atoms with E-state index >= 15 is 0 Å². The summed E-state index contributed by atoms with van der Waals surface area (Å²) in [4.78, 5) is 12.2. The van der Waals surface area contributed by atoms with Crippen LogP contribution in [-0.4, -0.2) is 21.0 Å². The van der Waals surface area contributed by atoms with E-state index < -0.39 is 21.7 Å². The summed E-state index contributed by atoms with van der Waals surface area (Å²) in [7, 11) is 0. The quantitative estimate of drug-likeness (QED) is 0.393. The standard InChI is InChI=1S/C16H13Cl3FN3OS/c17-16(18,19)14(22-13(24)10-6-8-11(20)9-7-10)23-15(25)21-12-4-2-1-3-5-12/h1-9,14H,(H,22,24)(H2,21,23,25)/t14-/m0/s1. The number of carbonyl (C=O) groups excluding carboxylic acids is 1. The predicted octanol–water partition coefficient (Wildman–Crippen LogP) is 4.24. The molecule has 2 aromatic rings. The molecule has 0 saturated heterocycles. The van der Waals surface area contributed by atoms with Gasteiger partial charge in [0, 0.05) is 11.3 Å². The fourth-order valence-electron chi connectivity index (χ4n) is 1.84. The second kappa shape index (κ2) is 8.67. The average molecular weight is 421 g/mol. The minimum atomic E-state index is -1.88. The van der Waals surface area contributed by atoms with Gasteiger partial charge in [-0.1, -0.05) is 53.0 Å². The maximum Gasteiger partial charge on any atom is 0.252 e. The van der Waals surface area contributed by atoms with Crippen molar-refractivity contribution in [1.82, 2.24) is 10.6 Å². The van der Waals surface area contributed by atoms with E-state index in [1.54, 1.807) is 12.1 Å². The predicted molar refractivity (Wildman–Crippen MR) is 104 cm³/mol. The number of benzene rings is 2. The van der Waals surface area contributed by atoms with Crippen LogP contribution < -0.4 is 16.0 Å². The van der Waals surface area contributed by atoms with E-state index in [0.29, 0.717) is 0 Å². The Balaban J connectivity index is 2.04. The van der Waals surface area contributed by atoms with Crippen molar-refractivity contribution in [2.75, 3.05) is 5.32 Å². The van der Waals surface area contributed by atoms with Gasteiger partial charge in [-0.05, 0) is 48.6 Å². The molecule has 0 aliphatic rings. The lowest BCUT2D eigenvalue weighted by molar-refractivity contribution is 0.0934. The van der Waals surface area contributed by atoms with E-state index in [2.05, 4.69) is 16.0 Å². The van der Waals surface area contributed by atoms with E-state index in [0.717, 1.165) is 17.8 Å². The fourth-order valence-corrected chi connectivity index (χ4v) is 2.40. The number of nitrogens with one attached hydrogen (secondary N) is 3. The van der Waals surface area contributed by atoms with Crippen molar-refractivity contribution in [3.8, 4) is 0 Å². The highest BCUT2D eigenvalue weighted by Gasteiger charge is 2.34. The second-order valence-electron chi connectivity index (χ2n) is 4.92. The number of hydrogen-bond donors (Lipinski definition) is 3. The SMILES string of the molecule is O=C(N[C@@H](NC(=S)Nc1ccccc1)C(Cl)(Cl)Cl)c1ccc(F)cc1. The molecular weight excluding hydrogens is 408 g/mol. The zero-order valence-electron chi connectivity index (χ0n) is 12.6. The molecule has 0 saturated carbocycles. The molecule has 1 atom stereocenters. The van der Waals surface area contributed by atoms with Gasteiger partial charge in [0.05, 0.1) is 0 Å². The van der Waals surface area contributed by atoms with Gasteiger partial charge in [0.2, 0.25) is 3.79 Å². The van der Waals surface area contributed by atoms with Crippen LogP contribution in [0.5, 0.6) is 0 Å². The van der Waals surface area contributed by atoms with E-state index in [4.69, 9.17) is 47.0 Å². The van der Waals surface area contributed by atoms with Gasteiger partial charge in [-0.25, -0.2) is 4.39 Å². The second-order valence-corrected chi connectivity index (χ2v) is 7.70. The molecule has 0 bridgehead atoms. The molecule has 0 aliphatic heterocycles. The molecule has 2 rings (SSSR count). The Hall–Kier alpha value is -1.60. The first-order valence-corrected chi connectivity index (χ1v) is 8.55. The third-order valence-corrected chi connectivity index (χ3v) is 3.89. The highest BCUT2D eigenvalue weighted by atomic mass is 35.6.